The molecule has 8 heteroatoms. The van der Waals surface area contributed by atoms with Crippen LogP contribution in [-0.4, -0.2) is 23.5 Å². The van der Waals surface area contributed by atoms with Gasteiger partial charge in [0.1, 0.15) is 0 Å². The Morgan fingerprint density at radius 1 is 1.08 bits per heavy atom. The summed E-state index contributed by atoms with van der Waals surface area (Å²) < 4.78 is 36.5. The molecule has 136 valence electrons. The van der Waals surface area contributed by atoms with Gasteiger partial charge in [-0.2, -0.15) is 4.98 Å². The monoisotopic (exact) mass is 373 g/mol. The minimum atomic E-state index is -3.68. The summed E-state index contributed by atoms with van der Waals surface area (Å²) in [6.07, 6.45) is 3.81. The Bertz CT molecular complexity index is 1030. The molecule has 0 unspecified atom stereocenters. The lowest BCUT2D eigenvalue weighted by molar-refractivity contribution is 0.330. The molecule has 0 atom stereocenters. The first-order valence-electron chi connectivity index (χ1n) is 8.50. The molecule has 3 aromatic rings. The van der Waals surface area contributed by atoms with Crippen molar-refractivity contribution in [3.63, 3.8) is 0 Å². The van der Waals surface area contributed by atoms with Crippen LogP contribution in [0.4, 0.5) is 0 Å². The smallest absolute Gasteiger partial charge is 0.248 e. The van der Waals surface area contributed by atoms with E-state index in [1.54, 1.807) is 31.2 Å². The number of nitrogens with zero attached hydrogens (tertiary/aromatic N) is 3. The van der Waals surface area contributed by atoms with E-state index in [1.807, 2.05) is 6.92 Å². The molecule has 1 aliphatic rings. The van der Waals surface area contributed by atoms with Gasteiger partial charge >= 0.3 is 0 Å². The summed E-state index contributed by atoms with van der Waals surface area (Å²) in [5.74, 6) is 0.739. The maximum Gasteiger partial charge on any atom is 0.248 e. The van der Waals surface area contributed by atoms with Crippen molar-refractivity contribution in [3.05, 3.63) is 47.8 Å². The average Bonchev–Trinajstić information content (AvgIpc) is 3.35. The predicted molar refractivity (Wildman–Crippen MR) is 93.0 cm³/mol. The summed E-state index contributed by atoms with van der Waals surface area (Å²) in [5, 5.41) is 3.95. The molecule has 1 fully saturated rings. The molecule has 26 heavy (non-hydrogen) atoms. The zero-order chi connectivity index (χ0) is 18.4. The lowest BCUT2D eigenvalue weighted by Crippen LogP contribution is -2.33. The molecule has 0 radical (unpaired) electrons. The minimum Gasteiger partial charge on any atom is -0.440 e. The number of sulfone groups is 1. The van der Waals surface area contributed by atoms with Crippen LogP contribution < -0.4 is 0 Å². The second-order valence-electron chi connectivity index (χ2n) is 6.71. The number of oxazole rings is 1. The first-order valence-corrected chi connectivity index (χ1v) is 9.98. The number of rotatable bonds is 4. The third-order valence-electron chi connectivity index (χ3n) is 5.02. The zero-order valence-corrected chi connectivity index (χ0v) is 15.4. The highest BCUT2D eigenvalue weighted by molar-refractivity contribution is 7.92. The Labute approximate surface area is 151 Å². The summed E-state index contributed by atoms with van der Waals surface area (Å²) in [6.45, 7) is 3.69. The summed E-state index contributed by atoms with van der Waals surface area (Å²) in [6, 6.07) is 6.88. The summed E-state index contributed by atoms with van der Waals surface area (Å²) in [4.78, 5) is 8.68. The van der Waals surface area contributed by atoms with E-state index in [9.17, 15) is 8.42 Å². The fourth-order valence-corrected chi connectivity index (χ4v) is 5.59. The van der Waals surface area contributed by atoms with E-state index in [2.05, 4.69) is 15.1 Å². The quantitative estimate of drug-likeness (QED) is 0.689. The Morgan fingerprint density at radius 2 is 1.77 bits per heavy atom. The molecule has 1 aliphatic carbocycles. The number of hydrogen-bond donors (Lipinski definition) is 0. The van der Waals surface area contributed by atoms with Gasteiger partial charge in [0.15, 0.2) is 26.7 Å². The van der Waals surface area contributed by atoms with Crippen molar-refractivity contribution in [3.8, 4) is 11.6 Å². The van der Waals surface area contributed by atoms with Gasteiger partial charge in [0.2, 0.25) is 11.7 Å². The van der Waals surface area contributed by atoms with Gasteiger partial charge in [0.25, 0.3) is 0 Å². The van der Waals surface area contributed by atoms with Gasteiger partial charge in [-0.25, -0.2) is 13.4 Å². The third kappa shape index (κ3) is 2.47. The average molecular weight is 373 g/mol. The molecule has 7 nitrogen and oxygen atoms in total. The minimum absolute atomic E-state index is 0.126. The molecule has 0 saturated heterocycles. The van der Waals surface area contributed by atoms with Gasteiger partial charge < -0.3 is 8.94 Å². The van der Waals surface area contributed by atoms with Crippen LogP contribution in [0.3, 0.4) is 0 Å². The molecular formula is C18H19N3O4S. The van der Waals surface area contributed by atoms with E-state index < -0.39 is 14.6 Å². The second-order valence-corrected chi connectivity index (χ2v) is 8.97. The van der Waals surface area contributed by atoms with Crippen molar-refractivity contribution in [1.29, 1.82) is 0 Å². The molecule has 1 saturated carbocycles. The molecule has 2 heterocycles. The Kier molecular flexibility index (Phi) is 3.95. The van der Waals surface area contributed by atoms with E-state index in [-0.39, 0.29) is 16.6 Å². The van der Waals surface area contributed by atoms with Crippen LogP contribution in [0, 0.1) is 13.8 Å². The molecular weight excluding hydrogens is 354 g/mol. The van der Waals surface area contributed by atoms with Crippen LogP contribution in [0.1, 0.15) is 42.8 Å². The molecule has 0 aliphatic heterocycles. The van der Waals surface area contributed by atoms with Crippen molar-refractivity contribution >= 4 is 9.84 Å². The van der Waals surface area contributed by atoms with Crippen molar-refractivity contribution in [2.45, 2.75) is 49.2 Å². The third-order valence-corrected chi connectivity index (χ3v) is 7.53. The fourth-order valence-electron chi connectivity index (χ4n) is 3.50. The fraction of sp³-hybridized carbons (Fsp3) is 0.389. The van der Waals surface area contributed by atoms with Gasteiger partial charge in [-0.3, -0.25) is 0 Å². The van der Waals surface area contributed by atoms with E-state index in [4.69, 9.17) is 8.94 Å². The first-order chi connectivity index (χ1) is 12.4. The van der Waals surface area contributed by atoms with Gasteiger partial charge in [-0.15, -0.1) is 0 Å². The lowest BCUT2D eigenvalue weighted by atomic mass is 10.1. The van der Waals surface area contributed by atoms with Crippen LogP contribution in [0.15, 0.2) is 44.5 Å². The van der Waals surface area contributed by atoms with Gasteiger partial charge in [-0.1, -0.05) is 35.7 Å². The number of aryl methyl sites for hydroxylation is 2. The Morgan fingerprint density at radius 3 is 2.38 bits per heavy atom. The van der Waals surface area contributed by atoms with Gasteiger partial charge in [0, 0.05) is 0 Å². The van der Waals surface area contributed by atoms with Crippen LogP contribution in [0.2, 0.25) is 0 Å². The molecule has 4 rings (SSSR count). The maximum atomic E-state index is 13.5. The van der Waals surface area contributed by atoms with Crippen LogP contribution in [-0.2, 0) is 14.6 Å². The van der Waals surface area contributed by atoms with Crippen LogP contribution in [0.5, 0.6) is 0 Å². The number of hydrogen-bond acceptors (Lipinski definition) is 7. The summed E-state index contributed by atoms with van der Waals surface area (Å²) in [7, 11) is -3.68. The topological polar surface area (TPSA) is 99.1 Å². The second kappa shape index (κ2) is 6.05. The van der Waals surface area contributed by atoms with Crippen LogP contribution in [0.25, 0.3) is 11.6 Å². The Balaban J connectivity index is 1.82. The summed E-state index contributed by atoms with van der Waals surface area (Å²) in [5.41, 5.74) is 1.63. The van der Waals surface area contributed by atoms with Crippen molar-refractivity contribution < 1.29 is 17.4 Å². The largest absolute Gasteiger partial charge is 0.440 e. The zero-order valence-electron chi connectivity index (χ0n) is 14.6. The van der Waals surface area contributed by atoms with Gasteiger partial charge in [-0.05, 0) is 38.8 Å². The van der Waals surface area contributed by atoms with E-state index in [0.29, 0.717) is 24.3 Å². The van der Waals surface area contributed by atoms with E-state index >= 15 is 0 Å². The van der Waals surface area contributed by atoms with E-state index in [1.165, 1.54) is 6.39 Å². The highest BCUT2D eigenvalue weighted by atomic mass is 32.2. The van der Waals surface area contributed by atoms with E-state index in [0.717, 1.165) is 18.4 Å². The molecule has 2 aromatic heterocycles. The SMILES string of the molecule is Cc1ccc(S(=O)(=O)C2(c3nc(-c4ocnc4C)no3)CCCC2)cc1. The Hall–Kier alpha value is -2.48. The van der Waals surface area contributed by atoms with Gasteiger partial charge in [0.05, 0.1) is 10.6 Å². The maximum absolute atomic E-state index is 13.5. The van der Waals surface area contributed by atoms with Crippen molar-refractivity contribution in [2.24, 2.45) is 0 Å². The predicted octanol–water partition coefficient (Wildman–Crippen LogP) is 3.58. The van der Waals surface area contributed by atoms with Crippen LogP contribution >= 0.6 is 0 Å². The highest BCUT2D eigenvalue weighted by Gasteiger charge is 2.52. The lowest BCUT2D eigenvalue weighted by Gasteiger charge is -2.24. The number of aromatic nitrogens is 3. The normalized spacial score (nSPS) is 16.8. The number of benzene rings is 1. The van der Waals surface area contributed by atoms with Crippen molar-refractivity contribution in [1.82, 2.24) is 15.1 Å². The molecule has 0 amide bonds. The molecule has 0 bridgehead atoms. The molecule has 0 spiro atoms. The molecule has 0 N–H and O–H groups in total. The highest BCUT2D eigenvalue weighted by Crippen LogP contribution is 2.48. The molecule has 1 aromatic carbocycles. The standard InChI is InChI=1S/C18H19N3O4S/c1-12-5-7-14(8-6-12)26(22,23)18(9-3-4-10-18)17-20-16(21-25-17)15-13(2)19-11-24-15/h5-8,11H,3-4,9-10H2,1-2H3. The first kappa shape index (κ1) is 17.0. The summed E-state index contributed by atoms with van der Waals surface area (Å²) >= 11 is 0. The van der Waals surface area contributed by atoms with Crippen molar-refractivity contribution in [2.75, 3.05) is 0 Å².